The molecule has 6 heteroatoms. The zero-order valence-corrected chi connectivity index (χ0v) is 15.9. The van der Waals surface area contributed by atoms with Crippen molar-refractivity contribution in [3.8, 4) is 5.69 Å². The molecule has 1 amide bonds. The third kappa shape index (κ3) is 3.52. The van der Waals surface area contributed by atoms with Crippen molar-refractivity contribution in [1.82, 2.24) is 15.1 Å². The van der Waals surface area contributed by atoms with Gasteiger partial charge in [0, 0.05) is 31.2 Å². The number of quaternary nitrogens is 1. The van der Waals surface area contributed by atoms with E-state index >= 15 is 0 Å². The highest BCUT2D eigenvalue weighted by Gasteiger charge is 2.18. The van der Waals surface area contributed by atoms with Crippen molar-refractivity contribution in [1.29, 1.82) is 0 Å². The number of benzene rings is 1. The summed E-state index contributed by atoms with van der Waals surface area (Å²) in [4.78, 5) is 16.0. The molecule has 1 aromatic carbocycles. The number of nitrogens with zero attached hydrogens (tertiary/aromatic N) is 2. The van der Waals surface area contributed by atoms with Gasteiger partial charge in [-0.2, -0.15) is 5.10 Å². The molecule has 0 atom stereocenters. The van der Waals surface area contributed by atoms with Crippen LogP contribution in [0.1, 0.15) is 34.6 Å². The van der Waals surface area contributed by atoms with Crippen LogP contribution in [0.4, 0.5) is 0 Å². The number of carbonyl (C=O) groups excluding carboxylic acids is 1. The second kappa shape index (κ2) is 7.60. The molecular weight excluding hydrogens is 344 g/mol. The van der Waals surface area contributed by atoms with Crippen LogP contribution in [0.3, 0.4) is 0 Å². The van der Waals surface area contributed by atoms with E-state index in [0.717, 1.165) is 46.0 Å². The van der Waals surface area contributed by atoms with Gasteiger partial charge < -0.3 is 10.2 Å². The number of fused-ring (bicyclic) bond motifs is 1. The van der Waals surface area contributed by atoms with E-state index in [9.17, 15) is 4.79 Å². The van der Waals surface area contributed by atoms with Crippen molar-refractivity contribution < 1.29 is 9.69 Å². The van der Waals surface area contributed by atoms with Crippen molar-refractivity contribution >= 4 is 27.5 Å². The average molecular weight is 370 g/mol. The second-order valence-corrected chi connectivity index (χ2v) is 8.01. The van der Waals surface area contributed by atoms with Gasteiger partial charge in [0.15, 0.2) is 0 Å². The Morgan fingerprint density at radius 1 is 1.27 bits per heavy atom. The minimum absolute atomic E-state index is 0.0293. The molecule has 1 aliphatic rings. The highest BCUT2D eigenvalue weighted by molar-refractivity contribution is 7.20. The fourth-order valence-corrected chi connectivity index (χ4v) is 4.75. The topological polar surface area (TPSA) is 51.4 Å². The Morgan fingerprint density at radius 2 is 2.04 bits per heavy atom. The molecule has 136 valence electrons. The van der Waals surface area contributed by atoms with Gasteiger partial charge in [0.1, 0.15) is 4.83 Å². The van der Waals surface area contributed by atoms with Gasteiger partial charge >= 0.3 is 0 Å². The van der Waals surface area contributed by atoms with E-state index in [1.165, 1.54) is 37.3 Å². The van der Waals surface area contributed by atoms with Crippen LogP contribution in [0.15, 0.2) is 36.4 Å². The molecule has 1 fully saturated rings. The summed E-state index contributed by atoms with van der Waals surface area (Å²) in [6.07, 6.45) is 3.74. The Balaban J connectivity index is 1.44. The molecule has 4 rings (SSSR count). The first-order chi connectivity index (χ1) is 12.7. The summed E-state index contributed by atoms with van der Waals surface area (Å²) < 4.78 is 1.93. The van der Waals surface area contributed by atoms with Crippen molar-refractivity contribution in [3.63, 3.8) is 0 Å². The first-order valence-corrected chi connectivity index (χ1v) is 10.2. The first kappa shape index (κ1) is 17.2. The summed E-state index contributed by atoms with van der Waals surface area (Å²) in [6, 6.07) is 12.0. The summed E-state index contributed by atoms with van der Waals surface area (Å²) in [7, 11) is 0. The number of nitrogens with one attached hydrogen (secondary N) is 2. The largest absolute Gasteiger partial charge is 0.351 e. The maximum Gasteiger partial charge on any atom is 0.261 e. The quantitative estimate of drug-likeness (QED) is 0.655. The van der Waals surface area contributed by atoms with Crippen LogP contribution in [0.25, 0.3) is 15.9 Å². The molecule has 0 bridgehead atoms. The fraction of sp³-hybridized carbons (Fsp3) is 0.400. The number of carbonyl (C=O) groups is 1. The van der Waals surface area contributed by atoms with Crippen LogP contribution in [0.5, 0.6) is 0 Å². The average Bonchev–Trinajstić information content (AvgIpc) is 3.38. The lowest BCUT2D eigenvalue weighted by molar-refractivity contribution is -0.887. The van der Waals surface area contributed by atoms with Gasteiger partial charge in [0.2, 0.25) is 0 Å². The zero-order chi connectivity index (χ0) is 17.9. The first-order valence-electron chi connectivity index (χ1n) is 9.39. The van der Waals surface area contributed by atoms with Crippen molar-refractivity contribution in [3.05, 3.63) is 47.0 Å². The Morgan fingerprint density at radius 3 is 2.81 bits per heavy atom. The molecule has 1 saturated heterocycles. The molecule has 1 aliphatic heterocycles. The normalized spacial score (nSPS) is 15.0. The van der Waals surface area contributed by atoms with E-state index in [0.29, 0.717) is 0 Å². The molecular formula is C20H25N4OS+. The van der Waals surface area contributed by atoms with Crippen LogP contribution < -0.4 is 10.2 Å². The molecule has 2 aromatic heterocycles. The van der Waals surface area contributed by atoms with E-state index in [1.54, 1.807) is 4.90 Å². The van der Waals surface area contributed by atoms with Gasteiger partial charge in [-0.25, -0.2) is 4.68 Å². The van der Waals surface area contributed by atoms with Crippen LogP contribution in [0, 0.1) is 6.92 Å². The molecule has 0 spiro atoms. The summed E-state index contributed by atoms with van der Waals surface area (Å²) in [5.74, 6) is 0.0293. The standard InChI is InChI=1S/C20H24N4OS/c1-15-17-14-18(19(25)21-10-7-13-23-11-5-6-12-23)26-20(17)24(22-15)16-8-3-2-4-9-16/h2-4,8-9,14H,5-7,10-13H2,1H3,(H,21,25)/p+1. The predicted octanol–water partition coefficient (Wildman–Crippen LogP) is 2.19. The Hall–Kier alpha value is -2.18. The minimum Gasteiger partial charge on any atom is -0.351 e. The summed E-state index contributed by atoms with van der Waals surface area (Å²) >= 11 is 1.51. The van der Waals surface area contributed by atoms with Crippen LogP contribution in [-0.2, 0) is 0 Å². The zero-order valence-electron chi connectivity index (χ0n) is 15.1. The molecule has 0 radical (unpaired) electrons. The fourth-order valence-electron chi connectivity index (χ4n) is 3.66. The Kier molecular flexibility index (Phi) is 5.04. The summed E-state index contributed by atoms with van der Waals surface area (Å²) in [5.41, 5.74) is 1.98. The number of rotatable bonds is 6. The molecule has 2 N–H and O–H groups in total. The molecule has 0 aliphatic carbocycles. The van der Waals surface area contributed by atoms with E-state index in [1.807, 2.05) is 48.0 Å². The number of hydrogen-bond donors (Lipinski definition) is 2. The second-order valence-electron chi connectivity index (χ2n) is 6.98. The lowest BCUT2D eigenvalue weighted by Crippen LogP contribution is -3.10. The SMILES string of the molecule is Cc1nn(-c2ccccc2)c2sc(C(=O)NCCC[NH+]3CCCC3)cc12. The monoisotopic (exact) mass is 369 g/mol. The third-order valence-electron chi connectivity index (χ3n) is 5.07. The Bertz CT molecular complexity index is 893. The molecule has 0 unspecified atom stereocenters. The number of likely N-dealkylation sites (tertiary alicyclic amines) is 1. The third-order valence-corrected chi connectivity index (χ3v) is 6.18. The molecule has 26 heavy (non-hydrogen) atoms. The van der Waals surface area contributed by atoms with Crippen molar-refractivity contribution in [2.24, 2.45) is 0 Å². The number of amides is 1. The van der Waals surface area contributed by atoms with Crippen LogP contribution >= 0.6 is 11.3 Å². The highest BCUT2D eigenvalue weighted by atomic mass is 32.1. The van der Waals surface area contributed by atoms with Gasteiger partial charge in [-0.05, 0) is 25.1 Å². The summed E-state index contributed by atoms with van der Waals surface area (Å²) in [6.45, 7) is 6.49. The number of hydrogen-bond acceptors (Lipinski definition) is 3. The number of aryl methyl sites for hydroxylation is 1. The molecule has 5 nitrogen and oxygen atoms in total. The van der Waals surface area contributed by atoms with Gasteiger partial charge in [-0.15, -0.1) is 11.3 Å². The number of para-hydroxylation sites is 1. The maximum absolute atomic E-state index is 12.5. The molecule has 3 heterocycles. The van der Waals surface area contributed by atoms with Gasteiger partial charge in [-0.1, -0.05) is 18.2 Å². The van der Waals surface area contributed by atoms with Crippen molar-refractivity contribution in [2.45, 2.75) is 26.2 Å². The highest BCUT2D eigenvalue weighted by Crippen LogP contribution is 2.30. The predicted molar refractivity (Wildman–Crippen MR) is 105 cm³/mol. The minimum atomic E-state index is 0.0293. The van der Waals surface area contributed by atoms with E-state index < -0.39 is 0 Å². The van der Waals surface area contributed by atoms with Crippen LogP contribution in [0.2, 0.25) is 0 Å². The van der Waals surface area contributed by atoms with Gasteiger partial charge in [0.05, 0.1) is 35.9 Å². The van der Waals surface area contributed by atoms with E-state index in [2.05, 4.69) is 10.4 Å². The van der Waals surface area contributed by atoms with Crippen LogP contribution in [-0.4, -0.2) is 41.9 Å². The Labute approximate surface area is 157 Å². The maximum atomic E-state index is 12.5. The van der Waals surface area contributed by atoms with E-state index in [-0.39, 0.29) is 5.91 Å². The van der Waals surface area contributed by atoms with E-state index in [4.69, 9.17) is 0 Å². The molecule has 0 saturated carbocycles. The lowest BCUT2D eigenvalue weighted by atomic mass is 10.3. The molecule has 3 aromatic rings. The van der Waals surface area contributed by atoms with Crippen molar-refractivity contribution in [2.75, 3.05) is 26.2 Å². The lowest BCUT2D eigenvalue weighted by Gasteiger charge is -2.11. The van der Waals surface area contributed by atoms with Gasteiger partial charge in [0.25, 0.3) is 5.91 Å². The van der Waals surface area contributed by atoms with Gasteiger partial charge in [-0.3, -0.25) is 4.79 Å². The smallest absolute Gasteiger partial charge is 0.261 e. The number of aromatic nitrogens is 2. The summed E-state index contributed by atoms with van der Waals surface area (Å²) in [5, 5.41) is 8.77. The number of thiophene rings is 1.